The van der Waals surface area contributed by atoms with Gasteiger partial charge in [-0.05, 0) is 55.5 Å². The number of benzene rings is 2. The molecule has 0 saturated carbocycles. The number of alkyl halides is 3. The summed E-state index contributed by atoms with van der Waals surface area (Å²) >= 11 is 0. The van der Waals surface area contributed by atoms with E-state index < -0.39 is 18.4 Å². The molecule has 0 fully saturated rings. The van der Waals surface area contributed by atoms with Crippen LogP contribution in [-0.2, 0) is 4.79 Å². The molecule has 0 aliphatic carbocycles. The Morgan fingerprint density at radius 2 is 1.48 bits per heavy atom. The number of ether oxygens (including phenoxy) is 3. The van der Waals surface area contributed by atoms with Crippen LogP contribution in [0.1, 0.15) is 24.3 Å². The molecule has 2 aromatic carbocycles. The summed E-state index contributed by atoms with van der Waals surface area (Å²) in [5, 5.41) is 0. The lowest BCUT2D eigenvalue weighted by Gasteiger charge is -2.12. The van der Waals surface area contributed by atoms with E-state index in [2.05, 4.69) is 14.7 Å². The zero-order valence-corrected chi connectivity index (χ0v) is 17.4. The van der Waals surface area contributed by atoms with Crippen LogP contribution in [0, 0.1) is 0 Å². The second-order valence-electron chi connectivity index (χ2n) is 6.78. The number of nitrogens with two attached hydrogens (primary N) is 1. The van der Waals surface area contributed by atoms with Gasteiger partial charge in [-0.1, -0.05) is 0 Å². The highest BCUT2D eigenvalue weighted by Crippen LogP contribution is 2.29. The minimum absolute atomic E-state index is 0.0120. The van der Waals surface area contributed by atoms with Gasteiger partial charge in [-0.2, -0.15) is 4.98 Å². The Hall–Kier alpha value is -4.15. The molecule has 33 heavy (non-hydrogen) atoms. The topological polar surface area (TPSA) is 114 Å². The van der Waals surface area contributed by atoms with Crippen molar-refractivity contribution in [1.82, 2.24) is 9.97 Å². The second kappa shape index (κ2) is 9.55. The zero-order valence-electron chi connectivity index (χ0n) is 17.4. The lowest BCUT2D eigenvalue weighted by Crippen LogP contribution is -2.31. The third-order valence-electron chi connectivity index (χ3n) is 4.17. The standard InChI is InChI=1S/C22H18F3N3O5/c1-12(29)18-11-19(31-13(2)20(26)30)28-21(27-18)14-3-5-15(6-4-14)32-16-7-9-17(10-8-16)33-22(23,24)25/h3-11,13H,1-2H3,(H2,26,30)/t13-/m0/s1. The lowest BCUT2D eigenvalue weighted by atomic mass is 10.2. The third-order valence-corrected chi connectivity index (χ3v) is 4.17. The van der Waals surface area contributed by atoms with E-state index in [1.54, 1.807) is 24.3 Å². The summed E-state index contributed by atoms with van der Waals surface area (Å²) in [6.07, 6.45) is -5.74. The Kier molecular flexibility index (Phi) is 6.80. The molecule has 8 nitrogen and oxygen atoms in total. The van der Waals surface area contributed by atoms with Gasteiger partial charge < -0.3 is 19.9 Å². The molecule has 172 valence electrons. The van der Waals surface area contributed by atoms with Gasteiger partial charge in [-0.25, -0.2) is 4.98 Å². The number of hydrogen-bond acceptors (Lipinski definition) is 7. The number of primary amides is 1. The third kappa shape index (κ3) is 6.66. The molecule has 0 radical (unpaired) electrons. The fraction of sp³-hybridized carbons (Fsp3) is 0.182. The van der Waals surface area contributed by atoms with Crippen molar-refractivity contribution < 1.29 is 37.0 Å². The van der Waals surface area contributed by atoms with Crippen molar-refractivity contribution in [2.24, 2.45) is 5.73 Å². The molecule has 11 heteroatoms. The van der Waals surface area contributed by atoms with Gasteiger partial charge in [0.05, 0.1) is 0 Å². The van der Waals surface area contributed by atoms with Crippen LogP contribution in [0.5, 0.6) is 23.1 Å². The molecule has 1 aromatic heterocycles. The molecule has 0 spiro atoms. The summed E-state index contributed by atoms with van der Waals surface area (Å²) < 4.78 is 51.6. The molecule has 1 atom stereocenters. The van der Waals surface area contributed by atoms with Gasteiger partial charge in [0.15, 0.2) is 17.7 Å². The Bertz CT molecular complexity index is 1150. The Morgan fingerprint density at radius 3 is 2.00 bits per heavy atom. The van der Waals surface area contributed by atoms with Gasteiger partial charge in [0, 0.05) is 18.6 Å². The van der Waals surface area contributed by atoms with Gasteiger partial charge in [0.2, 0.25) is 5.88 Å². The molecule has 2 N–H and O–H groups in total. The van der Waals surface area contributed by atoms with Gasteiger partial charge in [0.1, 0.15) is 22.9 Å². The van der Waals surface area contributed by atoms with Crippen molar-refractivity contribution in [1.29, 1.82) is 0 Å². The summed E-state index contributed by atoms with van der Waals surface area (Å²) in [5.74, 6) is -0.510. The SMILES string of the molecule is CC(=O)c1cc(O[C@@H](C)C(N)=O)nc(-c2ccc(Oc3ccc(OC(F)(F)F)cc3)cc2)n1. The van der Waals surface area contributed by atoms with Gasteiger partial charge in [0.25, 0.3) is 5.91 Å². The van der Waals surface area contributed by atoms with E-state index in [1.165, 1.54) is 32.0 Å². The molecule has 1 heterocycles. The zero-order chi connectivity index (χ0) is 24.2. The predicted octanol–water partition coefficient (Wildman–Crippen LogP) is 4.29. The first-order valence-electron chi connectivity index (χ1n) is 9.50. The van der Waals surface area contributed by atoms with Crippen LogP contribution in [0.3, 0.4) is 0 Å². The highest BCUT2D eigenvalue weighted by molar-refractivity contribution is 5.92. The van der Waals surface area contributed by atoms with E-state index >= 15 is 0 Å². The highest BCUT2D eigenvalue weighted by atomic mass is 19.4. The number of carbonyl (C=O) groups excluding carboxylic acids is 2. The molecular formula is C22H18F3N3O5. The van der Waals surface area contributed by atoms with E-state index in [9.17, 15) is 22.8 Å². The van der Waals surface area contributed by atoms with E-state index in [-0.39, 0.29) is 28.9 Å². The minimum atomic E-state index is -4.78. The quantitative estimate of drug-likeness (QED) is 0.498. The van der Waals surface area contributed by atoms with Crippen molar-refractivity contribution in [3.63, 3.8) is 0 Å². The molecule has 0 unspecified atom stereocenters. The van der Waals surface area contributed by atoms with E-state index in [0.717, 1.165) is 12.1 Å². The number of Topliss-reactive ketones (excluding diaryl/α,β-unsaturated/α-hetero) is 1. The maximum atomic E-state index is 12.2. The normalized spacial score (nSPS) is 12.0. The van der Waals surface area contributed by atoms with Crippen LogP contribution < -0.4 is 19.9 Å². The van der Waals surface area contributed by atoms with Crippen LogP contribution >= 0.6 is 0 Å². The first kappa shape index (κ1) is 23.5. The van der Waals surface area contributed by atoms with Crippen LogP contribution in [0.25, 0.3) is 11.4 Å². The number of rotatable bonds is 8. The molecule has 3 aromatic rings. The fourth-order valence-corrected chi connectivity index (χ4v) is 2.55. The number of nitrogens with zero attached hydrogens (tertiary/aromatic N) is 2. The minimum Gasteiger partial charge on any atom is -0.464 e. The number of hydrogen-bond donors (Lipinski definition) is 1. The average molecular weight is 461 g/mol. The van der Waals surface area contributed by atoms with E-state index in [4.69, 9.17) is 15.2 Å². The monoisotopic (exact) mass is 461 g/mol. The maximum Gasteiger partial charge on any atom is 0.573 e. The van der Waals surface area contributed by atoms with Crippen LogP contribution in [-0.4, -0.2) is 34.1 Å². The summed E-state index contributed by atoms with van der Waals surface area (Å²) in [4.78, 5) is 31.5. The van der Waals surface area contributed by atoms with E-state index in [1.807, 2.05) is 0 Å². The van der Waals surface area contributed by atoms with Crippen molar-refractivity contribution in [3.05, 3.63) is 60.3 Å². The Labute approximate surface area is 186 Å². The number of amides is 1. The van der Waals surface area contributed by atoms with Crippen molar-refractivity contribution in [3.8, 4) is 34.5 Å². The average Bonchev–Trinajstić information content (AvgIpc) is 2.74. The lowest BCUT2D eigenvalue weighted by molar-refractivity contribution is -0.274. The second-order valence-corrected chi connectivity index (χ2v) is 6.78. The smallest absolute Gasteiger partial charge is 0.464 e. The van der Waals surface area contributed by atoms with Gasteiger partial charge >= 0.3 is 6.36 Å². The number of aromatic nitrogens is 2. The van der Waals surface area contributed by atoms with Crippen molar-refractivity contribution in [2.75, 3.05) is 0 Å². The molecule has 3 rings (SSSR count). The fourth-order valence-electron chi connectivity index (χ4n) is 2.55. The Balaban J connectivity index is 1.78. The number of carbonyl (C=O) groups is 2. The molecule has 0 aliphatic rings. The van der Waals surface area contributed by atoms with Crippen LogP contribution in [0.2, 0.25) is 0 Å². The Morgan fingerprint density at radius 1 is 0.939 bits per heavy atom. The van der Waals surface area contributed by atoms with Gasteiger partial charge in [-0.15, -0.1) is 13.2 Å². The first-order chi connectivity index (χ1) is 15.5. The number of ketones is 1. The van der Waals surface area contributed by atoms with Crippen LogP contribution in [0.4, 0.5) is 13.2 Å². The van der Waals surface area contributed by atoms with Crippen molar-refractivity contribution in [2.45, 2.75) is 26.3 Å². The number of halogens is 3. The predicted molar refractivity (Wildman–Crippen MR) is 110 cm³/mol. The summed E-state index contributed by atoms with van der Waals surface area (Å²) in [7, 11) is 0. The molecule has 0 saturated heterocycles. The maximum absolute atomic E-state index is 12.2. The van der Waals surface area contributed by atoms with E-state index in [0.29, 0.717) is 17.1 Å². The highest BCUT2D eigenvalue weighted by Gasteiger charge is 2.31. The molecule has 1 amide bonds. The van der Waals surface area contributed by atoms with Gasteiger partial charge in [-0.3, -0.25) is 9.59 Å². The molecule has 0 aliphatic heterocycles. The summed E-state index contributed by atoms with van der Waals surface area (Å²) in [5.41, 5.74) is 5.82. The molecule has 0 bridgehead atoms. The molecular weight excluding hydrogens is 443 g/mol. The van der Waals surface area contributed by atoms with Crippen LogP contribution in [0.15, 0.2) is 54.6 Å². The van der Waals surface area contributed by atoms with Crippen molar-refractivity contribution >= 4 is 11.7 Å². The first-order valence-corrected chi connectivity index (χ1v) is 9.50. The largest absolute Gasteiger partial charge is 0.573 e. The summed E-state index contributed by atoms with van der Waals surface area (Å²) in [6, 6.07) is 12.7. The summed E-state index contributed by atoms with van der Waals surface area (Å²) in [6.45, 7) is 2.78.